The van der Waals surface area contributed by atoms with Crippen molar-refractivity contribution >= 4 is 23.3 Å². The number of hydrogen-bond acceptors (Lipinski definition) is 4. The van der Waals surface area contributed by atoms with Crippen molar-refractivity contribution in [3.8, 4) is 11.4 Å². The Labute approximate surface area is 208 Å². The van der Waals surface area contributed by atoms with Crippen molar-refractivity contribution in [3.63, 3.8) is 0 Å². The van der Waals surface area contributed by atoms with E-state index in [0.29, 0.717) is 11.7 Å². The van der Waals surface area contributed by atoms with Crippen LogP contribution in [0.1, 0.15) is 39.4 Å². The molecule has 1 fully saturated rings. The van der Waals surface area contributed by atoms with Crippen LogP contribution in [0.25, 0.3) is 5.69 Å². The van der Waals surface area contributed by atoms with Crippen LogP contribution in [0.5, 0.6) is 5.75 Å². The molecule has 35 heavy (non-hydrogen) atoms. The lowest BCUT2D eigenvalue weighted by Crippen LogP contribution is -2.30. The van der Waals surface area contributed by atoms with Gasteiger partial charge in [0.1, 0.15) is 5.75 Å². The molecule has 2 aromatic heterocycles. The molecule has 2 aromatic carbocycles. The van der Waals surface area contributed by atoms with Crippen LogP contribution in [0.4, 0.5) is 0 Å². The van der Waals surface area contributed by atoms with Crippen LogP contribution in [0.2, 0.25) is 0 Å². The number of carboxylic acids is 1. The highest BCUT2D eigenvalue weighted by molar-refractivity contribution is 7.80. The summed E-state index contributed by atoms with van der Waals surface area (Å²) >= 11 is 5.81. The van der Waals surface area contributed by atoms with Crippen molar-refractivity contribution in [2.24, 2.45) is 0 Å². The van der Waals surface area contributed by atoms with Gasteiger partial charge in [-0.15, -0.1) is 0 Å². The molecule has 0 aliphatic carbocycles. The van der Waals surface area contributed by atoms with Gasteiger partial charge in [0, 0.05) is 30.3 Å². The highest BCUT2D eigenvalue weighted by Gasteiger charge is 2.41. The lowest BCUT2D eigenvalue weighted by atomic mass is 10.0. The van der Waals surface area contributed by atoms with Crippen molar-refractivity contribution in [1.29, 1.82) is 0 Å². The van der Waals surface area contributed by atoms with E-state index in [9.17, 15) is 9.90 Å². The van der Waals surface area contributed by atoms with Gasteiger partial charge in [0.2, 0.25) is 0 Å². The molecule has 0 bridgehead atoms. The predicted molar refractivity (Wildman–Crippen MR) is 137 cm³/mol. The van der Waals surface area contributed by atoms with Crippen molar-refractivity contribution in [2.45, 2.75) is 18.6 Å². The summed E-state index contributed by atoms with van der Waals surface area (Å²) in [5.74, 6) is -0.145. The number of thiocarbonyl (C=S) groups is 1. The maximum atomic E-state index is 11.3. The number of nitrogens with one attached hydrogen (secondary N) is 1. The molecule has 176 valence electrons. The van der Waals surface area contributed by atoms with Gasteiger partial charge < -0.3 is 24.6 Å². The zero-order valence-electron chi connectivity index (χ0n) is 19.0. The summed E-state index contributed by atoms with van der Waals surface area (Å²) in [4.78, 5) is 18.1. The van der Waals surface area contributed by atoms with Gasteiger partial charge >= 0.3 is 5.97 Å². The van der Waals surface area contributed by atoms with Crippen LogP contribution in [-0.2, 0) is 6.54 Å². The predicted octanol–water partition coefficient (Wildman–Crippen LogP) is 4.75. The average molecular weight is 485 g/mol. The first kappa shape index (κ1) is 22.6. The number of pyridine rings is 1. The fourth-order valence-corrected chi connectivity index (χ4v) is 4.76. The number of aromatic nitrogens is 2. The molecule has 2 atom stereocenters. The van der Waals surface area contributed by atoms with Gasteiger partial charge in [-0.05, 0) is 78.4 Å². The van der Waals surface area contributed by atoms with E-state index in [1.54, 1.807) is 25.4 Å². The molecule has 8 heteroatoms. The van der Waals surface area contributed by atoms with Gasteiger partial charge in [-0.25, -0.2) is 4.79 Å². The van der Waals surface area contributed by atoms with Gasteiger partial charge in [0.25, 0.3) is 0 Å². The van der Waals surface area contributed by atoms with E-state index in [-0.39, 0.29) is 17.6 Å². The first-order chi connectivity index (χ1) is 17.0. The number of benzene rings is 2. The summed E-state index contributed by atoms with van der Waals surface area (Å²) in [7, 11) is 1.65. The molecule has 0 spiro atoms. The zero-order chi connectivity index (χ0) is 24.4. The average Bonchev–Trinajstić information content (AvgIpc) is 3.49. The maximum Gasteiger partial charge on any atom is 0.335 e. The van der Waals surface area contributed by atoms with Crippen LogP contribution in [0.3, 0.4) is 0 Å². The summed E-state index contributed by atoms with van der Waals surface area (Å²) in [5, 5.41) is 13.4. The molecule has 1 saturated heterocycles. The third-order valence-electron chi connectivity index (χ3n) is 6.19. The monoisotopic (exact) mass is 484 g/mol. The molecule has 4 aromatic rings. The Hall–Kier alpha value is -4.17. The smallest absolute Gasteiger partial charge is 0.335 e. The molecule has 2 N–H and O–H groups in total. The Kier molecular flexibility index (Phi) is 6.20. The Bertz CT molecular complexity index is 1340. The lowest BCUT2D eigenvalue weighted by Gasteiger charge is -2.29. The van der Waals surface area contributed by atoms with E-state index >= 15 is 0 Å². The minimum Gasteiger partial charge on any atom is -0.497 e. The summed E-state index contributed by atoms with van der Waals surface area (Å²) in [6.45, 7) is 0.604. The van der Waals surface area contributed by atoms with Gasteiger partial charge in [-0.2, -0.15) is 0 Å². The number of rotatable bonds is 7. The molecule has 5 rings (SSSR count). The molecule has 0 unspecified atom stereocenters. The molecule has 7 nitrogen and oxygen atoms in total. The molecular formula is C27H24N4O3S. The molecule has 0 saturated carbocycles. The highest BCUT2D eigenvalue weighted by Crippen LogP contribution is 2.40. The SMILES string of the molecule is COc1ccc(CN2C(=S)N[C@@H](c3ccccn3)[C@@H]2c2cccn2-c2ccc(C(=O)O)cc2)cc1. The zero-order valence-corrected chi connectivity index (χ0v) is 19.9. The molecule has 0 amide bonds. The fraction of sp³-hybridized carbons (Fsp3) is 0.148. The topological polar surface area (TPSA) is 79.6 Å². The van der Waals surface area contributed by atoms with Gasteiger partial charge in [-0.3, -0.25) is 4.98 Å². The fourth-order valence-electron chi connectivity index (χ4n) is 4.46. The largest absolute Gasteiger partial charge is 0.497 e. The van der Waals surface area contributed by atoms with Crippen LogP contribution in [0.15, 0.2) is 91.3 Å². The van der Waals surface area contributed by atoms with Crippen molar-refractivity contribution in [3.05, 3.63) is 114 Å². The highest BCUT2D eigenvalue weighted by atomic mass is 32.1. The van der Waals surface area contributed by atoms with Crippen molar-refractivity contribution < 1.29 is 14.6 Å². The quantitative estimate of drug-likeness (QED) is 0.367. The molecular weight excluding hydrogens is 460 g/mol. The molecule has 1 aliphatic rings. The van der Waals surface area contributed by atoms with E-state index in [0.717, 1.165) is 28.4 Å². The van der Waals surface area contributed by atoms with E-state index in [1.807, 2.05) is 66.9 Å². The number of carboxylic acid groups (broad SMARTS) is 1. The summed E-state index contributed by atoms with van der Waals surface area (Å²) in [6.07, 6.45) is 3.76. The summed E-state index contributed by atoms with van der Waals surface area (Å²) in [5.41, 5.74) is 4.14. The molecule has 1 aliphatic heterocycles. The Morgan fingerprint density at radius 3 is 2.49 bits per heavy atom. The first-order valence-corrected chi connectivity index (χ1v) is 11.6. The molecule has 0 radical (unpaired) electrons. The Morgan fingerprint density at radius 2 is 1.83 bits per heavy atom. The number of nitrogens with zero attached hydrogens (tertiary/aromatic N) is 3. The maximum absolute atomic E-state index is 11.3. The summed E-state index contributed by atoms with van der Waals surface area (Å²) in [6, 6.07) is 24.5. The number of methoxy groups -OCH3 is 1. The van der Waals surface area contributed by atoms with Crippen molar-refractivity contribution in [2.75, 3.05) is 7.11 Å². The number of aromatic carboxylic acids is 1. The molecule has 3 heterocycles. The van der Waals surface area contributed by atoms with Crippen LogP contribution >= 0.6 is 12.2 Å². The minimum atomic E-state index is -0.949. The van der Waals surface area contributed by atoms with Crippen LogP contribution in [0, 0.1) is 0 Å². The second-order valence-corrected chi connectivity index (χ2v) is 8.64. The lowest BCUT2D eigenvalue weighted by molar-refractivity contribution is 0.0697. The van der Waals surface area contributed by atoms with E-state index in [2.05, 4.69) is 25.8 Å². The third kappa shape index (κ3) is 4.48. The van der Waals surface area contributed by atoms with Crippen molar-refractivity contribution in [1.82, 2.24) is 19.8 Å². The van der Waals surface area contributed by atoms with Gasteiger partial charge in [-0.1, -0.05) is 18.2 Å². The number of ether oxygens (including phenoxy) is 1. The van der Waals surface area contributed by atoms with Crippen LogP contribution < -0.4 is 10.1 Å². The third-order valence-corrected chi connectivity index (χ3v) is 6.54. The minimum absolute atomic E-state index is 0.145. The standard InChI is InChI=1S/C27H24N4O3S/c1-34-21-13-7-18(8-14-21)17-31-25(24(29-27(31)35)22-5-2-3-15-28-22)23-6-4-16-30(23)20-11-9-19(10-12-20)26(32)33/h2-16,24-25H,17H2,1H3,(H,29,35)(H,32,33)/t24-,25-/m0/s1. The van der Waals surface area contributed by atoms with Gasteiger partial charge in [0.15, 0.2) is 5.11 Å². The number of carbonyl (C=O) groups is 1. The van der Waals surface area contributed by atoms with Crippen LogP contribution in [-0.4, -0.2) is 37.7 Å². The number of hydrogen-bond donors (Lipinski definition) is 2. The van der Waals surface area contributed by atoms with E-state index in [4.69, 9.17) is 17.0 Å². The second-order valence-electron chi connectivity index (χ2n) is 8.26. The van der Waals surface area contributed by atoms with E-state index in [1.165, 1.54) is 0 Å². The van der Waals surface area contributed by atoms with Gasteiger partial charge in [0.05, 0.1) is 30.5 Å². The Balaban J connectivity index is 1.56. The normalized spacial score (nSPS) is 17.3. The first-order valence-electron chi connectivity index (χ1n) is 11.2. The Morgan fingerprint density at radius 1 is 1.06 bits per heavy atom. The summed E-state index contributed by atoms with van der Waals surface area (Å²) < 4.78 is 7.38. The van der Waals surface area contributed by atoms with E-state index < -0.39 is 5.97 Å². The second kappa shape index (κ2) is 9.60.